The van der Waals surface area contributed by atoms with Crippen LogP contribution in [0.5, 0.6) is 0 Å². The van der Waals surface area contributed by atoms with Gasteiger partial charge >= 0.3 is 0 Å². The summed E-state index contributed by atoms with van der Waals surface area (Å²) in [5.74, 6) is 3.38. The fraction of sp³-hybridized carbons (Fsp3) is 0.467. The highest BCUT2D eigenvalue weighted by molar-refractivity contribution is 6.35. The van der Waals surface area contributed by atoms with Crippen molar-refractivity contribution < 1.29 is 4.79 Å². The standard InChI is InChI=1S/C30H33Cl3N4O/c1-2-24-28(30(38)35-10-9-34-27-20-12-17-11-18(14-20)15-21(27)13-17)36-37(26-8-7-23(32)16-25(26)33)29(24)19-3-5-22(31)6-4-19/h3-8,16-18,20-21,27,34H,2,9-15H2,1H3,(H,35,38)/t17-,18+,20-,21+,27?. The first-order chi connectivity index (χ1) is 18.4. The van der Waals surface area contributed by atoms with Gasteiger partial charge in [0.05, 0.1) is 16.4 Å². The Hall–Kier alpha value is -2.05. The second-order valence-electron chi connectivity index (χ2n) is 11.2. The molecule has 0 atom stereocenters. The minimum absolute atomic E-state index is 0.173. The van der Waals surface area contributed by atoms with Crippen molar-refractivity contribution in [1.29, 1.82) is 0 Å². The van der Waals surface area contributed by atoms with E-state index in [2.05, 4.69) is 10.6 Å². The zero-order valence-corrected chi connectivity index (χ0v) is 23.8. The molecule has 4 fully saturated rings. The number of carbonyl (C=O) groups excluding carboxylic acids is 1. The second-order valence-corrected chi connectivity index (χ2v) is 12.5. The number of nitrogens with one attached hydrogen (secondary N) is 2. The SMILES string of the molecule is CCc1c(C(=O)NCCNC2[C@H]3C[C@@H]4C[C@@H](C[C@H]2C4)C3)nn(-c2ccc(Cl)cc2Cl)c1-c1ccc(Cl)cc1. The molecule has 0 radical (unpaired) electrons. The van der Waals surface area contributed by atoms with Gasteiger partial charge in [0.2, 0.25) is 0 Å². The molecule has 2 aromatic carbocycles. The first-order valence-corrected chi connectivity index (χ1v) is 14.9. The van der Waals surface area contributed by atoms with Crippen molar-refractivity contribution in [2.24, 2.45) is 23.7 Å². The number of halogens is 3. The van der Waals surface area contributed by atoms with Crippen molar-refractivity contribution in [3.63, 3.8) is 0 Å². The molecule has 7 rings (SSSR count). The molecular weight excluding hydrogens is 539 g/mol. The molecule has 38 heavy (non-hydrogen) atoms. The smallest absolute Gasteiger partial charge is 0.272 e. The van der Waals surface area contributed by atoms with Gasteiger partial charge in [-0.3, -0.25) is 4.79 Å². The maximum Gasteiger partial charge on any atom is 0.272 e. The number of rotatable bonds is 8. The number of aromatic nitrogens is 2. The quantitative estimate of drug-likeness (QED) is 0.281. The van der Waals surface area contributed by atoms with Crippen LogP contribution in [0.25, 0.3) is 16.9 Å². The topological polar surface area (TPSA) is 59.0 Å². The third-order valence-corrected chi connectivity index (χ3v) is 9.61. The Balaban J connectivity index is 1.22. The molecule has 0 unspecified atom stereocenters. The molecule has 0 aliphatic heterocycles. The highest BCUT2D eigenvalue weighted by Crippen LogP contribution is 2.53. The summed E-state index contributed by atoms with van der Waals surface area (Å²) in [5, 5.41) is 13.4. The summed E-state index contributed by atoms with van der Waals surface area (Å²) >= 11 is 18.9. The van der Waals surface area contributed by atoms with Crippen LogP contribution < -0.4 is 10.6 Å². The Bertz CT molecular complexity index is 1310. The van der Waals surface area contributed by atoms with E-state index in [9.17, 15) is 4.79 Å². The van der Waals surface area contributed by atoms with E-state index in [1.807, 2.05) is 37.3 Å². The van der Waals surface area contributed by atoms with Crippen LogP contribution in [0.4, 0.5) is 0 Å². The lowest BCUT2D eigenvalue weighted by Gasteiger charge is -2.54. The van der Waals surface area contributed by atoms with Gasteiger partial charge in [-0.15, -0.1) is 0 Å². The summed E-state index contributed by atoms with van der Waals surface area (Å²) in [4.78, 5) is 13.5. The number of amides is 1. The fourth-order valence-corrected chi connectivity index (χ4v) is 8.07. The van der Waals surface area contributed by atoms with Crippen LogP contribution in [-0.2, 0) is 6.42 Å². The predicted molar refractivity (Wildman–Crippen MR) is 155 cm³/mol. The summed E-state index contributed by atoms with van der Waals surface area (Å²) < 4.78 is 1.75. The summed E-state index contributed by atoms with van der Waals surface area (Å²) in [7, 11) is 0. The fourth-order valence-electron chi connectivity index (χ4n) is 7.46. The van der Waals surface area contributed by atoms with Crippen LogP contribution in [0.2, 0.25) is 15.1 Å². The Morgan fingerprint density at radius 2 is 1.58 bits per heavy atom. The molecule has 4 aliphatic carbocycles. The number of hydrogen-bond donors (Lipinski definition) is 2. The van der Waals surface area contributed by atoms with Crippen molar-refractivity contribution in [1.82, 2.24) is 20.4 Å². The molecule has 200 valence electrons. The molecule has 4 bridgehead atoms. The monoisotopic (exact) mass is 570 g/mol. The van der Waals surface area contributed by atoms with Crippen LogP contribution >= 0.6 is 34.8 Å². The van der Waals surface area contributed by atoms with E-state index in [4.69, 9.17) is 39.9 Å². The largest absolute Gasteiger partial charge is 0.349 e. The third kappa shape index (κ3) is 4.99. The maximum absolute atomic E-state index is 13.5. The Kier molecular flexibility index (Phi) is 7.47. The zero-order chi connectivity index (χ0) is 26.4. The highest BCUT2D eigenvalue weighted by atomic mass is 35.5. The van der Waals surface area contributed by atoms with Gasteiger partial charge in [-0.05, 0) is 92.5 Å². The van der Waals surface area contributed by atoms with Crippen LogP contribution in [-0.4, -0.2) is 34.8 Å². The van der Waals surface area contributed by atoms with E-state index in [1.165, 1.54) is 32.1 Å². The van der Waals surface area contributed by atoms with Gasteiger partial charge in [-0.25, -0.2) is 4.68 Å². The lowest BCUT2D eigenvalue weighted by molar-refractivity contribution is -0.0133. The molecule has 8 heteroatoms. The summed E-state index contributed by atoms with van der Waals surface area (Å²) in [6, 6.07) is 13.5. The van der Waals surface area contributed by atoms with Crippen molar-refractivity contribution in [3.8, 4) is 16.9 Å². The van der Waals surface area contributed by atoms with E-state index < -0.39 is 0 Å². The number of nitrogens with zero attached hydrogens (tertiary/aromatic N) is 2. The van der Waals surface area contributed by atoms with Crippen molar-refractivity contribution in [2.75, 3.05) is 13.1 Å². The van der Waals surface area contributed by atoms with Crippen molar-refractivity contribution >= 4 is 40.7 Å². The molecule has 4 aliphatic rings. The Morgan fingerprint density at radius 3 is 2.21 bits per heavy atom. The first-order valence-electron chi connectivity index (χ1n) is 13.8. The Morgan fingerprint density at radius 1 is 0.921 bits per heavy atom. The maximum atomic E-state index is 13.5. The van der Waals surface area contributed by atoms with Gasteiger partial charge in [0, 0.05) is 40.3 Å². The number of carbonyl (C=O) groups is 1. The number of benzene rings is 2. The van der Waals surface area contributed by atoms with E-state index in [-0.39, 0.29) is 5.91 Å². The van der Waals surface area contributed by atoms with Crippen molar-refractivity contribution in [3.05, 3.63) is 68.8 Å². The molecule has 2 N–H and O–H groups in total. The highest BCUT2D eigenvalue weighted by Gasteiger charge is 2.47. The average Bonchev–Trinajstić information content (AvgIpc) is 3.27. The molecular formula is C30H33Cl3N4O. The van der Waals surface area contributed by atoms with E-state index in [0.29, 0.717) is 45.5 Å². The van der Waals surface area contributed by atoms with Gasteiger partial charge in [0.15, 0.2) is 5.69 Å². The molecule has 0 spiro atoms. The lowest BCUT2D eigenvalue weighted by atomic mass is 9.54. The summed E-state index contributed by atoms with van der Waals surface area (Å²) in [5.41, 5.74) is 3.68. The minimum Gasteiger partial charge on any atom is -0.349 e. The van der Waals surface area contributed by atoms with Crippen molar-refractivity contribution in [2.45, 2.75) is 51.5 Å². The van der Waals surface area contributed by atoms with Gasteiger partial charge in [0.25, 0.3) is 5.91 Å². The van der Waals surface area contributed by atoms with E-state index in [1.54, 1.807) is 16.8 Å². The van der Waals surface area contributed by atoms with E-state index in [0.717, 1.165) is 47.0 Å². The predicted octanol–water partition coefficient (Wildman–Crippen LogP) is 7.21. The van der Waals surface area contributed by atoms with Gasteiger partial charge in [-0.1, -0.05) is 53.9 Å². The summed E-state index contributed by atoms with van der Waals surface area (Å²) in [6.07, 6.45) is 7.63. The van der Waals surface area contributed by atoms with Gasteiger partial charge < -0.3 is 10.6 Å². The average molecular weight is 572 g/mol. The second kappa shape index (κ2) is 10.8. The van der Waals surface area contributed by atoms with Crippen LogP contribution in [0.3, 0.4) is 0 Å². The number of hydrogen-bond acceptors (Lipinski definition) is 3. The molecule has 0 saturated heterocycles. The molecule has 5 nitrogen and oxygen atoms in total. The normalized spacial score (nSPS) is 25.6. The zero-order valence-electron chi connectivity index (χ0n) is 21.5. The van der Waals surface area contributed by atoms with Gasteiger partial charge in [0.1, 0.15) is 0 Å². The third-order valence-electron chi connectivity index (χ3n) is 8.83. The van der Waals surface area contributed by atoms with E-state index >= 15 is 0 Å². The van der Waals surface area contributed by atoms with Crippen LogP contribution in [0, 0.1) is 23.7 Å². The lowest BCUT2D eigenvalue weighted by Crippen LogP contribution is -2.55. The molecule has 1 aromatic heterocycles. The molecule has 1 amide bonds. The molecule has 3 aromatic rings. The summed E-state index contributed by atoms with van der Waals surface area (Å²) in [6.45, 7) is 3.37. The molecule has 4 saturated carbocycles. The first kappa shape index (κ1) is 26.2. The Labute approximate surface area is 239 Å². The van der Waals surface area contributed by atoms with Crippen LogP contribution in [0.1, 0.15) is 55.1 Å². The van der Waals surface area contributed by atoms with Crippen LogP contribution in [0.15, 0.2) is 42.5 Å². The minimum atomic E-state index is -0.173. The molecule has 1 heterocycles. The van der Waals surface area contributed by atoms with Gasteiger partial charge in [-0.2, -0.15) is 5.10 Å².